The average molecular weight is 456 g/mol. The molecule has 4 aromatic rings. The topological polar surface area (TPSA) is 74.2 Å². The zero-order valence-corrected chi connectivity index (χ0v) is 19.6. The van der Waals surface area contributed by atoms with Gasteiger partial charge in [-0.15, -0.1) is 0 Å². The van der Waals surface area contributed by atoms with Gasteiger partial charge in [0.15, 0.2) is 0 Å². The molecule has 1 aliphatic rings. The highest BCUT2D eigenvalue weighted by Crippen LogP contribution is 2.19. The van der Waals surface area contributed by atoms with E-state index < -0.39 is 0 Å². The number of H-pyrrole nitrogens is 1. The van der Waals surface area contributed by atoms with Crippen molar-refractivity contribution in [3.63, 3.8) is 0 Å². The molecule has 0 unspecified atom stereocenters. The number of para-hydroxylation sites is 1. The maximum absolute atomic E-state index is 13.2. The van der Waals surface area contributed by atoms with Crippen LogP contribution in [-0.2, 0) is 17.8 Å². The summed E-state index contributed by atoms with van der Waals surface area (Å²) < 4.78 is 1.96. The molecule has 0 aliphatic carbocycles. The quantitative estimate of drug-likeness (QED) is 0.500. The standard InChI is InChI=1S/C27H29N5O2/c1-19-14-20(2)32(29-19)18-21-6-5-7-22(15-21)27(34)31-12-10-30(11-13-31)26(33)16-23-17-28-25-9-4-3-8-24(23)25/h3-9,14-15,17,28H,10-13,16,18H2,1-2H3. The maximum Gasteiger partial charge on any atom is 0.253 e. The second kappa shape index (κ2) is 9.17. The van der Waals surface area contributed by atoms with E-state index in [1.54, 1.807) is 0 Å². The highest BCUT2D eigenvalue weighted by molar-refractivity contribution is 5.94. The van der Waals surface area contributed by atoms with Gasteiger partial charge in [-0.1, -0.05) is 30.3 Å². The predicted octanol–water partition coefficient (Wildman–Crippen LogP) is 3.56. The van der Waals surface area contributed by atoms with Gasteiger partial charge in [0.1, 0.15) is 0 Å². The number of piperazine rings is 1. The molecule has 0 bridgehead atoms. The Morgan fingerprint density at radius 2 is 1.71 bits per heavy atom. The van der Waals surface area contributed by atoms with Crippen molar-refractivity contribution in [1.82, 2.24) is 24.6 Å². The van der Waals surface area contributed by atoms with Crippen molar-refractivity contribution in [2.45, 2.75) is 26.8 Å². The number of carbonyl (C=O) groups excluding carboxylic acids is 2. The van der Waals surface area contributed by atoms with Gasteiger partial charge in [0.2, 0.25) is 5.91 Å². The molecule has 0 spiro atoms. The number of nitrogens with one attached hydrogen (secondary N) is 1. The molecular formula is C27H29N5O2. The summed E-state index contributed by atoms with van der Waals surface area (Å²) in [6, 6.07) is 17.8. The lowest BCUT2D eigenvalue weighted by molar-refractivity contribution is -0.131. The molecule has 1 aliphatic heterocycles. The maximum atomic E-state index is 13.2. The Balaban J connectivity index is 1.19. The van der Waals surface area contributed by atoms with Crippen molar-refractivity contribution in [2.75, 3.05) is 26.2 Å². The van der Waals surface area contributed by atoms with Crippen LogP contribution in [0.1, 0.15) is 32.9 Å². The van der Waals surface area contributed by atoms with Crippen LogP contribution in [0.3, 0.4) is 0 Å². The molecule has 0 radical (unpaired) electrons. The molecule has 5 rings (SSSR count). The predicted molar refractivity (Wildman–Crippen MR) is 132 cm³/mol. The number of amides is 2. The van der Waals surface area contributed by atoms with Gasteiger partial charge in [-0.25, -0.2) is 0 Å². The van der Waals surface area contributed by atoms with Crippen LogP contribution in [0.2, 0.25) is 0 Å². The van der Waals surface area contributed by atoms with Gasteiger partial charge >= 0.3 is 0 Å². The highest BCUT2D eigenvalue weighted by Gasteiger charge is 2.25. The summed E-state index contributed by atoms with van der Waals surface area (Å²) in [4.78, 5) is 33.0. The number of nitrogens with zero attached hydrogens (tertiary/aromatic N) is 4. The van der Waals surface area contributed by atoms with Crippen molar-refractivity contribution in [2.24, 2.45) is 0 Å². The summed E-state index contributed by atoms with van der Waals surface area (Å²) in [7, 11) is 0. The van der Waals surface area contributed by atoms with E-state index in [4.69, 9.17) is 0 Å². The lowest BCUT2D eigenvalue weighted by Crippen LogP contribution is -2.51. The number of benzene rings is 2. The van der Waals surface area contributed by atoms with E-state index in [2.05, 4.69) is 10.1 Å². The lowest BCUT2D eigenvalue weighted by Gasteiger charge is -2.35. The van der Waals surface area contributed by atoms with Gasteiger partial charge in [-0.3, -0.25) is 14.3 Å². The van der Waals surface area contributed by atoms with Crippen LogP contribution >= 0.6 is 0 Å². The molecule has 1 saturated heterocycles. The fraction of sp³-hybridized carbons (Fsp3) is 0.296. The van der Waals surface area contributed by atoms with Crippen molar-refractivity contribution in [3.05, 3.63) is 88.9 Å². The van der Waals surface area contributed by atoms with E-state index >= 15 is 0 Å². The van der Waals surface area contributed by atoms with Crippen LogP contribution in [0.25, 0.3) is 10.9 Å². The van der Waals surface area contributed by atoms with Gasteiger partial charge < -0.3 is 14.8 Å². The normalized spacial score (nSPS) is 14.1. The fourth-order valence-corrected chi connectivity index (χ4v) is 4.70. The zero-order valence-electron chi connectivity index (χ0n) is 19.6. The van der Waals surface area contributed by atoms with Crippen LogP contribution in [0, 0.1) is 13.8 Å². The molecule has 3 heterocycles. The number of aromatic nitrogens is 3. The van der Waals surface area contributed by atoms with E-state index in [1.807, 2.05) is 89.1 Å². The molecule has 174 valence electrons. The van der Waals surface area contributed by atoms with E-state index in [1.165, 1.54) is 0 Å². The molecule has 2 aromatic heterocycles. The van der Waals surface area contributed by atoms with E-state index in [0.29, 0.717) is 44.7 Å². The molecule has 2 amide bonds. The van der Waals surface area contributed by atoms with Crippen LogP contribution in [-0.4, -0.2) is 62.6 Å². The first-order chi connectivity index (χ1) is 16.5. The van der Waals surface area contributed by atoms with Gasteiger partial charge in [0, 0.05) is 54.5 Å². The van der Waals surface area contributed by atoms with Crippen molar-refractivity contribution in [1.29, 1.82) is 0 Å². The van der Waals surface area contributed by atoms with Crippen LogP contribution in [0.15, 0.2) is 60.8 Å². The Morgan fingerprint density at radius 1 is 0.941 bits per heavy atom. The van der Waals surface area contributed by atoms with E-state index in [0.717, 1.165) is 33.4 Å². The molecule has 7 nitrogen and oxygen atoms in total. The van der Waals surface area contributed by atoms with Gasteiger partial charge in [0.05, 0.1) is 18.7 Å². The van der Waals surface area contributed by atoms with E-state index in [9.17, 15) is 9.59 Å². The molecule has 2 aromatic carbocycles. The summed E-state index contributed by atoms with van der Waals surface area (Å²) in [5.74, 6) is 0.114. The van der Waals surface area contributed by atoms with Crippen molar-refractivity contribution >= 4 is 22.7 Å². The number of fused-ring (bicyclic) bond motifs is 1. The second-order valence-electron chi connectivity index (χ2n) is 8.99. The first-order valence-corrected chi connectivity index (χ1v) is 11.7. The third-order valence-corrected chi connectivity index (χ3v) is 6.55. The molecule has 0 saturated carbocycles. The smallest absolute Gasteiger partial charge is 0.253 e. The molecule has 7 heteroatoms. The third kappa shape index (κ3) is 4.46. The Hall–Kier alpha value is -3.87. The fourth-order valence-electron chi connectivity index (χ4n) is 4.70. The summed E-state index contributed by atoms with van der Waals surface area (Å²) in [6.45, 7) is 6.84. The molecular weight excluding hydrogens is 426 g/mol. The van der Waals surface area contributed by atoms with Gasteiger partial charge in [-0.2, -0.15) is 5.10 Å². The van der Waals surface area contributed by atoms with Crippen LogP contribution < -0.4 is 0 Å². The summed E-state index contributed by atoms with van der Waals surface area (Å²) in [5, 5.41) is 5.61. The second-order valence-corrected chi connectivity index (χ2v) is 8.99. The Labute approximate surface area is 199 Å². The largest absolute Gasteiger partial charge is 0.361 e. The number of aryl methyl sites for hydroxylation is 2. The third-order valence-electron chi connectivity index (χ3n) is 6.55. The van der Waals surface area contributed by atoms with Crippen molar-refractivity contribution in [3.8, 4) is 0 Å². The van der Waals surface area contributed by atoms with Crippen LogP contribution in [0.4, 0.5) is 0 Å². The molecule has 1 N–H and O–H groups in total. The summed E-state index contributed by atoms with van der Waals surface area (Å²) >= 11 is 0. The first-order valence-electron chi connectivity index (χ1n) is 11.7. The number of hydrogen-bond acceptors (Lipinski definition) is 3. The highest BCUT2D eigenvalue weighted by atomic mass is 16.2. The lowest BCUT2D eigenvalue weighted by atomic mass is 10.1. The number of rotatable bonds is 5. The number of hydrogen-bond donors (Lipinski definition) is 1. The molecule has 34 heavy (non-hydrogen) atoms. The Morgan fingerprint density at radius 3 is 2.47 bits per heavy atom. The molecule has 0 atom stereocenters. The number of aromatic amines is 1. The number of carbonyl (C=O) groups is 2. The first kappa shape index (κ1) is 21.9. The SMILES string of the molecule is Cc1cc(C)n(Cc2cccc(C(=O)N3CCN(C(=O)Cc4c[nH]c5ccccc45)CC3)c2)n1. The van der Waals surface area contributed by atoms with Crippen molar-refractivity contribution < 1.29 is 9.59 Å². The zero-order chi connectivity index (χ0) is 23.7. The molecule has 1 fully saturated rings. The van der Waals surface area contributed by atoms with E-state index in [-0.39, 0.29) is 11.8 Å². The van der Waals surface area contributed by atoms with Crippen LogP contribution in [0.5, 0.6) is 0 Å². The summed E-state index contributed by atoms with van der Waals surface area (Å²) in [5.41, 5.74) is 5.87. The minimum Gasteiger partial charge on any atom is -0.361 e. The average Bonchev–Trinajstić information content (AvgIpc) is 3.40. The Bertz CT molecular complexity index is 1340. The van der Waals surface area contributed by atoms with Gasteiger partial charge in [-0.05, 0) is 49.2 Å². The van der Waals surface area contributed by atoms with Gasteiger partial charge in [0.25, 0.3) is 5.91 Å². The Kier molecular flexibility index (Phi) is 5.92. The minimum absolute atomic E-state index is 0.0129. The monoisotopic (exact) mass is 455 g/mol. The summed E-state index contributed by atoms with van der Waals surface area (Å²) in [6.07, 6.45) is 2.29. The minimum atomic E-state index is 0.0129.